The Balaban J connectivity index is 3.03. The third-order valence-electron chi connectivity index (χ3n) is 3.13. The summed E-state index contributed by atoms with van der Waals surface area (Å²) in [7, 11) is 1.41. The molecule has 0 aliphatic carbocycles. The van der Waals surface area contributed by atoms with Crippen LogP contribution in [0.25, 0.3) is 0 Å². The minimum absolute atomic E-state index is 0.194. The summed E-state index contributed by atoms with van der Waals surface area (Å²) in [4.78, 5) is 23.7. The fourth-order valence-electron chi connectivity index (χ4n) is 1.61. The van der Waals surface area contributed by atoms with Crippen LogP contribution in [0.15, 0.2) is 18.2 Å². The van der Waals surface area contributed by atoms with Gasteiger partial charge in [-0.2, -0.15) is 0 Å². The van der Waals surface area contributed by atoms with Crippen LogP contribution in [0, 0.1) is 17.6 Å². The second kappa shape index (κ2) is 6.98. The zero-order valence-corrected chi connectivity index (χ0v) is 11.7. The standard InChI is InChI=1S/C14H18F2N2O2/c1-4-8(2)13(19)18-12(14(20)17-3)9-5-6-10(15)11(16)7-9/h5-8,12H,4H2,1-3H3,(H,17,20)(H,18,19). The Morgan fingerprint density at radius 1 is 1.20 bits per heavy atom. The summed E-state index contributed by atoms with van der Waals surface area (Å²) >= 11 is 0. The lowest BCUT2D eigenvalue weighted by molar-refractivity contribution is -0.130. The third kappa shape index (κ3) is 3.76. The Kier molecular flexibility index (Phi) is 5.61. The maximum atomic E-state index is 13.2. The predicted octanol–water partition coefficient (Wildman–Crippen LogP) is 1.91. The summed E-state index contributed by atoms with van der Waals surface area (Å²) in [5, 5.41) is 4.93. The lowest BCUT2D eigenvalue weighted by atomic mass is 10.0. The first-order valence-electron chi connectivity index (χ1n) is 6.37. The molecule has 0 spiro atoms. The van der Waals surface area contributed by atoms with E-state index in [0.717, 1.165) is 12.1 Å². The SMILES string of the molecule is CCC(C)C(=O)NC(C(=O)NC)c1ccc(F)c(F)c1. The Morgan fingerprint density at radius 2 is 1.85 bits per heavy atom. The summed E-state index contributed by atoms with van der Waals surface area (Å²) in [5.41, 5.74) is 0.194. The van der Waals surface area contributed by atoms with Crippen LogP contribution in [0.1, 0.15) is 31.9 Å². The average molecular weight is 284 g/mol. The largest absolute Gasteiger partial charge is 0.357 e. The minimum Gasteiger partial charge on any atom is -0.357 e. The lowest BCUT2D eigenvalue weighted by Gasteiger charge is -2.20. The topological polar surface area (TPSA) is 58.2 Å². The van der Waals surface area contributed by atoms with Gasteiger partial charge in [0.1, 0.15) is 6.04 Å². The number of amides is 2. The quantitative estimate of drug-likeness (QED) is 0.868. The first kappa shape index (κ1) is 16.1. The van der Waals surface area contributed by atoms with Crippen molar-refractivity contribution in [1.82, 2.24) is 10.6 Å². The first-order chi connectivity index (χ1) is 9.40. The van der Waals surface area contributed by atoms with E-state index in [4.69, 9.17) is 0 Å². The molecule has 1 rings (SSSR count). The number of rotatable bonds is 5. The number of carbonyl (C=O) groups is 2. The van der Waals surface area contributed by atoms with Crippen LogP contribution in [-0.4, -0.2) is 18.9 Å². The molecule has 2 unspecified atom stereocenters. The molecular formula is C14H18F2N2O2. The van der Waals surface area contributed by atoms with E-state index in [1.165, 1.54) is 13.1 Å². The van der Waals surface area contributed by atoms with Gasteiger partial charge in [0.15, 0.2) is 11.6 Å². The number of likely N-dealkylation sites (N-methyl/N-ethyl adjacent to an activating group) is 1. The van der Waals surface area contributed by atoms with Gasteiger partial charge >= 0.3 is 0 Å². The molecule has 1 aromatic carbocycles. The highest BCUT2D eigenvalue weighted by Crippen LogP contribution is 2.17. The molecular weight excluding hydrogens is 266 g/mol. The van der Waals surface area contributed by atoms with Crippen molar-refractivity contribution < 1.29 is 18.4 Å². The molecule has 0 fully saturated rings. The molecule has 0 saturated carbocycles. The third-order valence-corrected chi connectivity index (χ3v) is 3.13. The highest BCUT2D eigenvalue weighted by atomic mass is 19.2. The smallest absolute Gasteiger partial charge is 0.246 e. The Morgan fingerprint density at radius 3 is 2.35 bits per heavy atom. The fraction of sp³-hybridized carbons (Fsp3) is 0.429. The Labute approximate surface area is 116 Å². The zero-order chi connectivity index (χ0) is 15.3. The molecule has 1 aromatic rings. The van der Waals surface area contributed by atoms with Gasteiger partial charge in [-0.25, -0.2) is 8.78 Å². The lowest BCUT2D eigenvalue weighted by Crippen LogP contribution is -2.41. The van der Waals surface area contributed by atoms with Crippen molar-refractivity contribution in [2.75, 3.05) is 7.05 Å². The molecule has 20 heavy (non-hydrogen) atoms. The molecule has 0 bridgehead atoms. The number of nitrogens with one attached hydrogen (secondary N) is 2. The molecule has 2 N–H and O–H groups in total. The van der Waals surface area contributed by atoms with Gasteiger partial charge in [-0.1, -0.05) is 19.9 Å². The van der Waals surface area contributed by atoms with Crippen molar-refractivity contribution in [2.45, 2.75) is 26.3 Å². The average Bonchev–Trinajstić information content (AvgIpc) is 2.45. The number of hydrogen-bond donors (Lipinski definition) is 2. The van der Waals surface area contributed by atoms with Crippen molar-refractivity contribution in [3.05, 3.63) is 35.4 Å². The fourth-order valence-corrected chi connectivity index (χ4v) is 1.61. The first-order valence-corrected chi connectivity index (χ1v) is 6.37. The van der Waals surface area contributed by atoms with Crippen LogP contribution in [-0.2, 0) is 9.59 Å². The normalized spacial score (nSPS) is 13.4. The van der Waals surface area contributed by atoms with Gasteiger partial charge in [-0.15, -0.1) is 0 Å². The Hall–Kier alpha value is -1.98. The van der Waals surface area contributed by atoms with Gasteiger partial charge in [0, 0.05) is 13.0 Å². The number of benzene rings is 1. The van der Waals surface area contributed by atoms with Gasteiger partial charge in [0.2, 0.25) is 11.8 Å². The molecule has 0 aromatic heterocycles. The second-order valence-electron chi connectivity index (χ2n) is 4.54. The molecule has 110 valence electrons. The van der Waals surface area contributed by atoms with Crippen LogP contribution < -0.4 is 10.6 Å². The summed E-state index contributed by atoms with van der Waals surface area (Å²) in [6.07, 6.45) is 0.615. The molecule has 0 aliphatic heterocycles. The van der Waals surface area contributed by atoms with Gasteiger partial charge in [0.05, 0.1) is 0 Å². The van der Waals surface area contributed by atoms with E-state index in [1.54, 1.807) is 6.92 Å². The van der Waals surface area contributed by atoms with Gasteiger partial charge in [-0.3, -0.25) is 9.59 Å². The van der Waals surface area contributed by atoms with Crippen molar-refractivity contribution in [3.63, 3.8) is 0 Å². The van der Waals surface area contributed by atoms with Crippen LogP contribution in [0.3, 0.4) is 0 Å². The van der Waals surface area contributed by atoms with E-state index in [0.29, 0.717) is 6.42 Å². The molecule has 0 saturated heterocycles. The Bertz CT molecular complexity index is 506. The second-order valence-corrected chi connectivity index (χ2v) is 4.54. The van der Waals surface area contributed by atoms with Crippen molar-refractivity contribution in [3.8, 4) is 0 Å². The van der Waals surface area contributed by atoms with Gasteiger partial charge in [0.25, 0.3) is 0 Å². The van der Waals surface area contributed by atoms with Crippen molar-refractivity contribution in [2.24, 2.45) is 5.92 Å². The van der Waals surface area contributed by atoms with E-state index in [-0.39, 0.29) is 17.4 Å². The van der Waals surface area contributed by atoms with Crippen LogP contribution in [0.4, 0.5) is 8.78 Å². The summed E-state index contributed by atoms with van der Waals surface area (Å²) < 4.78 is 26.2. The molecule has 6 heteroatoms. The van der Waals surface area contributed by atoms with Crippen LogP contribution in [0.5, 0.6) is 0 Å². The van der Waals surface area contributed by atoms with E-state index < -0.39 is 23.6 Å². The van der Waals surface area contributed by atoms with Crippen molar-refractivity contribution >= 4 is 11.8 Å². The predicted molar refractivity (Wildman–Crippen MR) is 70.8 cm³/mol. The number of hydrogen-bond acceptors (Lipinski definition) is 2. The molecule has 0 heterocycles. The monoisotopic (exact) mass is 284 g/mol. The molecule has 2 atom stereocenters. The highest BCUT2D eigenvalue weighted by molar-refractivity contribution is 5.89. The van der Waals surface area contributed by atoms with Crippen LogP contribution >= 0.6 is 0 Å². The van der Waals surface area contributed by atoms with Crippen LogP contribution in [0.2, 0.25) is 0 Å². The number of carbonyl (C=O) groups excluding carboxylic acids is 2. The van der Waals surface area contributed by atoms with Crippen molar-refractivity contribution in [1.29, 1.82) is 0 Å². The molecule has 0 aliphatic rings. The van der Waals surface area contributed by atoms with Gasteiger partial charge in [-0.05, 0) is 24.1 Å². The van der Waals surface area contributed by atoms with E-state index in [1.807, 2.05) is 6.92 Å². The summed E-state index contributed by atoms with van der Waals surface area (Å²) in [6, 6.07) is 2.06. The maximum Gasteiger partial charge on any atom is 0.246 e. The minimum atomic E-state index is -1.06. The maximum absolute atomic E-state index is 13.2. The van der Waals surface area contributed by atoms with E-state index in [2.05, 4.69) is 10.6 Å². The van der Waals surface area contributed by atoms with E-state index >= 15 is 0 Å². The van der Waals surface area contributed by atoms with Gasteiger partial charge < -0.3 is 10.6 Å². The zero-order valence-electron chi connectivity index (χ0n) is 11.7. The molecule has 0 radical (unpaired) electrons. The van der Waals surface area contributed by atoms with E-state index in [9.17, 15) is 18.4 Å². The highest BCUT2D eigenvalue weighted by Gasteiger charge is 2.24. The molecule has 2 amide bonds. The summed E-state index contributed by atoms with van der Waals surface area (Å²) in [5.74, 6) is -3.14. The number of halogens is 2. The molecule has 4 nitrogen and oxygen atoms in total. The summed E-state index contributed by atoms with van der Waals surface area (Å²) in [6.45, 7) is 3.57.